The number of halogens is 1. The molecule has 1 nitrogen and oxygen atoms in total. The van der Waals surface area contributed by atoms with Crippen molar-refractivity contribution in [2.45, 2.75) is 53.6 Å². The second-order valence-electron chi connectivity index (χ2n) is 5.97. The van der Waals surface area contributed by atoms with E-state index in [0.717, 1.165) is 18.9 Å². The Labute approximate surface area is 94.2 Å². The van der Waals surface area contributed by atoms with E-state index in [1.54, 1.807) is 0 Å². The summed E-state index contributed by atoms with van der Waals surface area (Å²) in [4.78, 5) is 0. The van der Waals surface area contributed by atoms with Crippen molar-refractivity contribution in [1.29, 1.82) is 0 Å². The molecular weight excluding hydrogens is 196 g/mol. The molecule has 0 aliphatic carbocycles. The third-order valence-electron chi connectivity index (χ3n) is 2.41. The first-order chi connectivity index (χ1) is 6.17. The number of hydrogen-bond donors (Lipinski definition) is 0. The van der Waals surface area contributed by atoms with Crippen molar-refractivity contribution in [2.24, 2.45) is 11.3 Å². The molecule has 0 aromatic carbocycles. The summed E-state index contributed by atoms with van der Waals surface area (Å²) in [5.41, 5.74) is 0.248. The molecule has 0 aromatic heterocycles. The van der Waals surface area contributed by atoms with Crippen molar-refractivity contribution in [1.82, 2.24) is 0 Å². The highest BCUT2D eigenvalue weighted by Gasteiger charge is 2.24. The van der Waals surface area contributed by atoms with Crippen LogP contribution in [-0.2, 0) is 4.74 Å². The summed E-state index contributed by atoms with van der Waals surface area (Å²) in [6, 6.07) is 0. The van der Waals surface area contributed by atoms with Crippen molar-refractivity contribution in [3.63, 3.8) is 0 Å². The maximum atomic E-state index is 5.95. The van der Waals surface area contributed by atoms with Crippen LogP contribution in [-0.4, -0.2) is 18.1 Å². The van der Waals surface area contributed by atoms with Gasteiger partial charge in [-0.25, -0.2) is 0 Å². The molecule has 0 aliphatic rings. The van der Waals surface area contributed by atoms with E-state index in [2.05, 4.69) is 41.5 Å². The molecule has 1 unspecified atom stereocenters. The lowest BCUT2D eigenvalue weighted by Gasteiger charge is -2.30. The Balaban J connectivity index is 3.87. The maximum Gasteiger partial charge on any atom is 0.0598 e. The van der Waals surface area contributed by atoms with Crippen LogP contribution in [0.1, 0.15) is 48.0 Å². The minimum absolute atomic E-state index is 0.0330. The normalized spacial score (nSPS) is 15.6. The fraction of sp³-hybridized carbons (Fsp3) is 1.00. The summed E-state index contributed by atoms with van der Waals surface area (Å²) in [7, 11) is 0. The standard InChI is InChI=1S/C12H25ClO/c1-11(2,3)10(9-13)7-8-14-12(4,5)6/h10H,7-9H2,1-6H3. The molecule has 0 bridgehead atoms. The molecule has 0 saturated heterocycles. The summed E-state index contributed by atoms with van der Waals surface area (Å²) in [5, 5.41) is 0. The van der Waals surface area contributed by atoms with Gasteiger partial charge in [0.15, 0.2) is 0 Å². The van der Waals surface area contributed by atoms with Crippen LogP contribution in [0.15, 0.2) is 0 Å². The van der Waals surface area contributed by atoms with Gasteiger partial charge in [0.05, 0.1) is 5.60 Å². The molecule has 0 aliphatic heterocycles. The second-order valence-corrected chi connectivity index (χ2v) is 6.28. The van der Waals surface area contributed by atoms with Crippen molar-refractivity contribution < 1.29 is 4.74 Å². The van der Waals surface area contributed by atoms with Crippen LogP contribution in [0.4, 0.5) is 0 Å². The van der Waals surface area contributed by atoms with Gasteiger partial charge in [-0.1, -0.05) is 20.8 Å². The maximum absolute atomic E-state index is 5.95. The zero-order valence-corrected chi connectivity index (χ0v) is 11.2. The Kier molecular flexibility index (Phi) is 5.46. The molecule has 0 spiro atoms. The fourth-order valence-electron chi connectivity index (χ4n) is 1.25. The SMILES string of the molecule is CC(C)(C)OCCC(CCl)C(C)(C)C. The molecule has 0 heterocycles. The molecule has 0 fully saturated rings. The molecule has 86 valence electrons. The Morgan fingerprint density at radius 1 is 1.07 bits per heavy atom. The van der Waals surface area contributed by atoms with E-state index in [0.29, 0.717) is 5.92 Å². The fourth-order valence-corrected chi connectivity index (χ4v) is 1.87. The topological polar surface area (TPSA) is 9.23 Å². The van der Waals surface area contributed by atoms with Gasteiger partial charge in [-0.2, -0.15) is 0 Å². The van der Waals surface area contributed by atoms with Crippen LogP contribution < -0.4 is 0 Å². The van der Waals surface area contributed by atoms with E-state index in [9.17, 15) is 0 Å². The molecule has 0 radical (unpaired) electrons. The predicted molar refractivity (Wildman–Crippen MR) is 64.0 cm³/mol. The Hall–Kier alpha value is 0.250. The Morgan fingerprint density at radius 2 is 1.57 bits per heavy atom. The molecule has 0 N–H and O–H groups in total. The number of ether oxygens (including phenoxy) is 1. The molecule has 14 heavy (non-hydrogen) atoms. The van der Waals surface area contributed by atoms with Gasteiger partial charge in [0.2, 0.25) is 0 Å². The first-order valence-electron chi connectivity index (χ1n) is 5.37. The van der Waals surface area contributed by atoms with E-state index in [4.69, 9.17) is 16.3 Å². The lowest BCUT2D eigenvalue weighted by atomic mass is 9.80. The minimum Gasteiger partial charge on any atom is -0.376 e. The van der Waals surface area contributed by atoms with E-state index in [1.807, 2.05) is 0 Å². The van der Waals surface area contributed by atoms with Crippen LogP contribution in [0.5, 0.6) is 0 Å². The molecule has 0 amide bonds. The van der Waals surface area contributed by atoms with Crippen LogP contribution in [0.2, 0.25) is 0 Å². The van der Waals surface area contributed by atoms with Crippen LogP contribution in [0, 0.1) is 11.3 Å². The molecular formula is C12H25ClO. The van der Waals surface area contributed by atoms with E-state index >= 15 is 0 Å². The quantitative estimate of drug-likeness (QED) is 0.649. The number of rotatable bonds is 4. The molecule has 2 heteroatoms. The second kappa shape index (κ2) is 5.37. The number of alkyl halides is 1. The van der Waals surface area contributed by atoms with Gasteiger partial charge in [-0.05, 0) is 38.5 Å². The first kappa shape index (κ1) is 14.2. The highest BCUT2D eigenvalue weighted by molar-refractivity contribution is 6.18. The number of hydrogen-bond acceptors (Lipinski definition) is 1. The summed E-state index contributed by atoms with van der Waals surface area (Å²) < 4.78 is 5.70. The van der Waals surface area contributed by atoms with Crippen molar-refractivity contribution in [3.8, 4) is 0 Å². The van der Waals surface area contributed by atoms with Gasteiger partial charge < -0.3 is 4.74 Å². The van der Waals surface area contributed by atoms with Gasteiger partial charge in [-0.3, -0.25) is 0 Å². The van der Waals surface area contributed by atoms with Gasteiger partial charge in [0.25, 0.3) is 0 Å². The molecule has 0 aromatic rings. The monoisotopic (exact) mass is 220 g/mol. The smallest absolute Gasteiger partial charge is 0.0598 e. The van der Waals surface area contributed by atoms with E-state index in [1.165, 1.54) is 0 Å². The van der Waals surface area contributed by atoms with Crippen molar-refractivity contribution in [3.05, 3.63) is 0 Å². The van der Waals surface area contributed by atoms with Crippen LogP contribution in [0.25, 0.3) is 0 Å². The van der Waals surface area contributed by atoms with E-state index < -0.39 is 0 Å². The van der Waals surface area contributed by atoms with Gasteiger partial charge in [0.1, 0.15) is 0 Å². The third kappa shape index (κ3) is 6.67. The lowest BCUT2D eigenvalue weighted by Crippen LogP contribution is -2.26. The van der Waals surface area contributed by atoms with Gasteiger partial charge >= 0.3 is 0 Å². The molecule has 0 saturated carbocycles. The van der Waals surface area contributed by atoms with Gasteiger partial charge in [-0.15, -0.1) is 11.6 Å². The zero-order chi connectivity index (χ0) is 11.4. The third-order valence-corrected chi connectivity index (χ3v) is 2.78. The van der Waals surface area contributed by atoms with Crippen LogP contribution in [0.3, 0.4) is 0 Å². The molecule has 0 rings (SSSR count). The van der Waals surface area contributed by atoms with E-state index in [-0.39, 0.29) is 11.0 Å². The highest BCUT2D eigenvalue weighted by atomic mass is 35.5. The summed E-state index contributed by atoms with van der Waals surface area (Å²) in [5.74, 6) is 1.25. The highest BCUT2D eigenvalue weighted by Crippen LogP contribution is 2.30. The Morgan fingerprint density at radius 3 is 1.86 bits per heavy atom. The first-order valence-corrected chi connectivity index (χ1v) is 5.90. The Bertz CT molecular complexity index is 153. The van der Waals surface area contributed by atoms with Crippen molar-refractivity contribution >= 4 is 11.6 Å². The van der Waals surface area contributed by atoms with Crippen LogP contribution >= 0.6 is 11.6 Å². The largest absolute Gasteiger partial charge is 0.376 e. The summed E-state index contributed by atoms with van der Waals surface area (Å²) >= 11 is 5.95. The average Bonchev–Trinajstić information content (AvgIpc) is 1.93. The van der Waals surface area contributed by atoms with Crippen molar-refractivity contribution in [2.75, 3.05) is 12.5 Å². The van der Waals surface area contributed by atoms with Gasteiger partial charge in [0, 0.05) is 12.5 Å². The average molecular weight is 221 g/mol. The zero-order valence-electron chi connectivity index (χ0n) is 10.5. The lowest BCUT2D eigenvalue weighted by molar-refractivity contribution is -0.0138. The minimum atomic E-state index is -0.0330. The molecule has 1 atom stereocenters. The summed E-state index contributed by atoms with van der Waals surface area (Å²) in [6.45, 7) is 13.8. The summed E-state index contributed by atoms with van der Waals surface area (Å²) in [6.07, 6.45) is 1.05. The predicted octanol–water partition coefficient (Wildman–Crippen LogP) is 4.09.